The zero-order valence-corrected chi connectivity index (χ0v) is 11.8. The molecule has 1 aromatic heterocycles. The van der Waals surface area contributed by atoms with Gasteiger partial charge in [0, 0.05) is 30.9 Å². The first-order valence-electron chi connectivity index (χ1n) is 6.62. The zero-order chi connectivity index (χ0) is 15.1. The fourth-order valence-corrected chi connectivity index (χ4v) is 1.89. The van der Waals surface area contributed by atoms with Gasteiger partial charge in [0.1, 0.15) is 0 Å². The summed E-state index contributed by atoms with van der Waals surface area (Å²) in [4.78, 5) is 14.3. The van der Waals surface area contributed by atoms with Gasteiger partial charge in [-0.1, -0.05) is 18.2 Å². The fourth-order valence-electron chi connectivity index (χ4n) is 1.89. The number of methoxy groups -OCH3 is 1. The van der Waals surface area contributed by atoms with Gasteiger partial charge >= 0.3 is 0 Å². The van der Waals surface area contributed by atoms with Gasteiger partial charge in [-0.15, -0.1) is 0 Å². The van der Waals surface area contributed by atoms with E-state index in [-0.39, 0.29) is 5.69 Å². The van der Waals surface area contributed by atoms with Crippen LogP contribution < -0.4 is 10.1 Å². The average Bonchev–Trinajstić information content (AvgIpc) is 2.52. The third-order valence-corrected chi connectivity index (χ3v) is 3.07. The fraction of sp³-hybridized carbons (Fsp3) is 0.267. The minimum Gasteiger partial charge on any atom is -0.481 e. The van der Waals surface area contributed by atoms with Crippen LogP contribution in [0.3, 0.4) is 0 Å². The highest BCUT2D eigenvalue weighted by Crippen LogP contribution is 2.12. The number of nitrogens with one attached hydrogen (secondary N) is 1. The largest absolute Gasteiger partial charge is 0.481 e. The van der Waals surface area contributed by atoms with Gasteiger partial charge in [0.2, 0.25) is 5.88 Å². The molecule has 0 amide bonds. The molecule has 0 aliphatic heterocycles. The normalized spacial score (nSPS) is 10.3. The van der Waals surface area contributed by atoms with Crippen molar-refractivity contribution >= 4 is 5.69 Å². The topological polar surface area (TPSA) is 77.3 Å². The molecule has 0 unspecified atom stereocenters. The van der Waals surface area contributed by atoms with Crippen LogP contribution in [0.5, 0.6) is 5.88 Å². The molecule has 1 aromatic carbocycles. The summed E-state index contributed by atoms with van der Waals surface area (Å²) in [5.74, 6) is 0.602. The number of non-ortho nitro benzene ring substituents is 1. The maximum absolute atomic E-state index is 10.6. The van der Waals surface area contributed by atoms with Crippen LogP contribution in [-0.2, 0) is 13.0 Å². The number of hydrogen-bond donors (Lipinski definition) is 1. The maximum atomic E-state index is 10.6. The van der Waals surface area contributed by atoms with Crippen LogP contribution in [0, 0.1) is 10.1 Å². The van der Waals surface area contributed by atoms with Gasteiger partial charge in [-0.05, 0) is 24.1 Å². The van der Waals surface area contributed by atoms with Crippen molar-refractivity contribution in [2.24, 2.45) is 0 Å². The lowest BCUT2D eigenvalue weighted by atomic mass is 10.1. The van der Waals surface area contributed by atoms with E-state index in [1.54, 1.807) is 25.4 Å². The van der Waals surface area contributed by atoms with Gasteiger partial charge in [-0.2, -0.15) is 0 Å². The Labute approximate surface area is 122 Å². The summed E-state index contributed by atoms with van der Waals surface area (Å²) < 4.78 is 5.00. The number of nitro benzene ring substituents is 1. The summed E-state index contributed by atoms with van der Waals surface area (Å²) in [5.41, 5.74) is 2.27. The Morgan fingerprint density at radius 1 is 1.19 bits per heavy atom. The molecule has 0 radical (unpaired) electrons. The molecule has 0 spiro atoms. The van der Waals surface area contributed by atoms with Crippen LogP contribution in [0.15, 0.2) is 42.6 Å². The summed E-state index contributed by atoms with van der Waals surface area (Å²) in [6, 6.07) is 10.4. The van der Waals surface area contributed by atoms with E-state index in [1.165, 1.54) is 12.1 Å². The van der Waals surface area contributed by atoms with E-state index in [4.69, 9.17) is 4.74 Å². The van der Waals surface area contributed by atoms with Crippen molar-refractivity contribution in [2.45, 2.75) is 13.0 Å². The number of nitrogens with zero attached hydrogens (tertiary/aromatic N) is 2. The lowest BCUT2D eigenvalue weighted by molar-refractivity contribution is -0.384. The molecule has 21 heavy (non-hydrogen) atoms. The number of aromatic nitrogens is 1. The lowest BCUT2D eigenvalue weighted by Gasteiger charge is -2.05. The average molecular weight is 287 g/mol. The molecule has 0 aliphatic rings. The van der Waals surface area contributed by atoms with Gasteiger partial charge in [0.15, 0.2) is 0 Å². The number of rotatable bonds is 7. The molecule has 0 saturated carbocycles. The molecule has 0 aliphatic carbocycles. The molecule has 6 heteroatoms. The molecule has 0 saturated heterocycles. The van der Waals surface area contributed by atoms with E-state index in [0.29, 0.717) is 5.88 Å². The second-order valence-corrected chi connectivity index (χ2v) is 4.56. The monoisotopic (exact) mass is 287 g/mol. The van der Waals surface area contributed by atoms with Crippen LogP contribution in [0.4, 0.5) is 5.69 Å². The molecule has 1 heterocycles. The Hall–Kier alpha value is -2.47. The number of hydrogen-bond acceptors (Lipinski definition) is 5. The molecule has 110 valence electrons. The van der Waals surface area contributed by atoms with Crippen molar-refractivity contribution in [3.63, 3.8) is 0 Å². The standard InChI is InChI=1S/C15H17N3O3/c1-21-15-7-4-13(11-17-15)10-16-9-8-12-2-5-14(6-3-12)18(19)20/h2-7,11,16H,8-10H2,1H3. The quantitative estimate of drug-likeness (QED) is 0.480. The van der Waals surface area contributed by atoms with E-state index < -0.39 is 4.92 Å². The molecule has 0 atom stereocenters. The highest BCUT2D eigenvalue weighted by Gasteiger charge is 2.03. The Balaban J connectivity index is 1.74. The molecule has 0 bridgehead atoms. The summed E-state index contributed by atoms with van der Waals surface area (Å²) in [6.45, 7) is 1.52. The Kier molecular flexibility index (Phi) is 5.22. The summed E-state index contributed by atoms with van der Waals surface area (Å²) in [6.07, 6.45) is 2.60. The molecular formula is C15H17N3O3. The van der Waals surface area contributed by atoms with Gasteiger partial charge in [0.05, 0.1) is 12.0 Å². The predicted octanol–water partition coefficient (Wildman–Crippen LogP) is 2.33. The molecule has 2 rings (SSSR count). The molecule has 6 nitrogen and oxygen atoms in total. The van der Waals surface area contributed by atoms with Gasteiger partial charge in [-0.25, -0.2) is 4.98 Å². The van der Waals surface area contributed by atoms with Crippen molar-refractivity contribution in [2.75, 3.05) is 13.7 Å². The zero-order valence-electron chi connectivity index (χ0n) is 11.8. The van der Waals surface area contributed by atoms with Crippen molar-refractivity contribution in [3.8, 4) is 5.88 Å². The summed E-state index contributed by atoms with van der Waals surface area (Å²) in [7, 11) is 1.59. The van der Waals surface area contributed by atoms with Crippen LogP contribution in [0.1, 0.15) is 11.1 Å². The Morgan fingerprint density at radius 3 is 2.48 bits per heavy atom. The third kappa shape index (κ3) is 4.54. The van der Waals surface area contributed by atoms with E-state index >= 15 is 0 Å². The minimum atomic E-state index is -0.390. The number of pyridine rings is 1. The first-order chi connectivity index (χ1) is 10.2. The van der Waals surface area contributed by atoms with E-state index in [2.05, 4.69) is 10.3 Å². The van der Waals surface area contributed by atoms with Crippen molar-refractivity contribution in [1.82, 2.24) is 10.3 Å². The van der Waals surface area contributed by atoms with Crippen LogP contribution in [-0.4, -0.2) is 23.6 Å². The maximum Gasteiger partial charge on any atom is 0.269 e. The number of nitro groups is 1. The second-order valence-electron chi connectivity index (χ2n) is 4.56. The van der Waals surface area contributed by atoms with Crippen LogP contribution in [0.2, 0.25) is 0 Å². The molecule has 1 N–H and O–H groups in total. The Morgan fingerprint density at radius 2 is 1.90 bits per heavy atom. The van der Waals surface area contributed by atoms with Crippen molar-refractivity contribution in [3.05, 3.63) is 63.8 Å². The number of benzene rings is 1. The Bertz CT molecular complexity index is 582. The van der Waals surface area contributed by atoms with Gasteiger partial charge in [-0.3, -0.25) is 10.1 Å². The highest BCUT2D eigenvalue weighted by atomic mass is 16.6. The number of ether oxygens (including phenoxy) is 1. The van der Waals surface area contributed by atoms with Gasteiger partial charge in [0.25, 0.3) is 5.69 Å². The molecular weight excluding hydrogens is 270 g/mol. The summed E-state index contributed by atoms with van der Waals surface area (Å²) >= 11 is 0. The summed E-state index contributed by atoms with van der Waals surface area (Å²) in [5, 5.41) is 13.9. The van der Waals surface area contributed by atoms with E-state index in [1.807, 2.05) is 12.1 Å². The lowest BCUT2D eigenvalue weighted by Crippen LogP contribution is -2.16. The molecule has 2 aromatic rings. The van der Waals surface area contributed by atoms with E-state index in [9.17, 15) is 10.1 Å². The van der Waals surface area contributed by atoms with Gasteiger partial charge < -0.3 is 10.1 Å². The molecule has 0 fully saturated rings. The smallest absolute Gasteiger partial charge is 0.269 e. The second kappa shape index (κ2) is 7.35. The highest BCUT2D eigenvalue weighted by molar-refractivity contribution is 5.32. The predicted molar refractivity (Wildman–Crippen MR) is 79.3 cm³/mol. The van der Waals surface area contributed by atoms with Crippen LogP contribution in [0.25, 0.3) is 0 Å². The SMILES string of the molecule is COc1ccc(CNCCc2ccc([N+](=O)[O-])cc2)cn1. The first-order valence-corrected chi connectivity index (χ1v) is 6.62. The van der Waals surface area contributed by atoms with Crippen molar-refractivity contribution in [1.29, 1.82) is 0 Å². The van der Waals surface area contributed by atoms with Crippen molar-refractivity contribution < 1.29 is 9.66 Å². The minimum absolute atomic E-state index is 0.121. The first kappa shape index (κ1) is 14.9. The third-order valence-electron chi connectivity index (χ3n) is 3.07. The van der Waals surface area contributed by atoms with Crippen LogP contribution >= 0.6 is 0 Å². The van der Waals surface area contributed by atoms with E-state index in [0.717, 1.165) is 30.6 Å².